The van der Waals surface area contributed by atoms with E-state index in [1.54, 1.807) is 60.7 Å². The number of hydrogen-bond acceptors (Lipinski definition) is 7. The Morgan fingerprint density at radius 1 is 1.00 bits per heavy atom. The number of fused-ring (bicyclic) bond motifs is 1. The van der Waals surface area contributed by atoms with Gasteiger partial charge in [0.15, 0.2) is 26.5 Å². The number of rotatable bonds is 5. The SMILES string of the molecule is CS(=O)(=O)c1ccc2nc(N3C(=O)C(O)=C(C(=O)c4ccccc4)C3c3ccccc3)sc2c1. The Morgan fingerprint density at radius 3 is 2.29 bits per heavy atom. The van der Waals surface area contributed by atoms with Gasteiger partial charge in [-0.2, -0.15) is 0 Å². The van der Waals surface area contributed by atoms with Gasteiger partial charge in [-0.1, -0.05) is 72.0 Å². The van der Waals surface area contributed by atoms with E-state index in [4.69, 9.17) is 0 Å². The molecular weight excluding hydrogens is 472 g/mol. The maximum Gasteiger partial charge on any atom is 0.296 e. The number of ketones is 1. The average Bonchev–Trinajstić information content (AvgIpc) is 3.37. The van der Waals surface area contributed by atoms with Crippen LogP contribution in [0.2, 0.25) is 0 Å². The number of aliphatic hydroxyl groups excluding tert-OH is 1. The van der Waals surface area contributed by atoms with E-state index >= 15 is 0 Å². The number of hydrogen-bond donors (Lipinski definition) is 1. The number of benzene rings is 3. The summed E-state index contributed by atoms with van der Waals surface area (Å²) in [5.74, 6) is -1.82. The summed E-state index contributed by atoms with van der Waals surface area (Å²) in [5, 5.41) is 11.1. The van der Waals surface area contributed by atoms with Crippen molar-refractivity contribution >= 4 is 48.2 Å². The Morgan fingerprint density at radius 2 is 1.65 bits per heavy atom. The van der Waals surface area contributed by atoms with Gasteiger partial charge in [-0.05, 0) is 23.8 Å². The molecule has 5 rings (SSSR count). The maximum atomic E-state index is 13.4. The van der Waals surface area contributed by atoms with Crippen molar-refractivity contribution in [2.24, 2.45) is 0 Å². The lowest BCUT2D eigenvalue weighted by atomic mass is 9.93. The van der Waals surface area contributed by atoms with Gasteiger partial charge in [0.2, 0.25) is 0 Å². The van der Waals surface area contributed by atoms with Crippen LogP contribution < -0.4 is 4.90 Å². The molecule has 0 spiro atoms. The lowest BCUT2D eigenvalue weighted by Crippen LogP contribution is -2.30. The third kappa shape index (κ3) is 3.68. The summed E-state index contributed by atoms with van der Waals surface area (Å²) >= 11 is 1.12. The summed E-state index contributed by atoms with van der Waals surface area (Å²) in [6, 6.07) is 21.0. The minimum atomic E-state index is -3.42. The average molecular weight is 491 g/mol. The molecule has 1 amide bonds. The van der Waals surface area contributed by atoms with Crippen LogP contribution in [0.5, 0.6) is 0 Å². The normalized spacial score (nSPS) is 16.4. The van der Waals surface area contributed by atoms with Crippen LogP contribution in [-0.4, -0.2) is 36.5 Å². The second kappa shape index (κ2) is 8.19. The Balaban J connectivity index is 1.66. The number of carbonyl (C=O) groups is 2. The quantitative estimate of drug-likeness (QED) is 0.414. The molecule has 34 heavy (non-hydrogen) atoms. The van der Waals surface area contributed by atoms with Crippen molar-refractivity contribution in [3.8, 4) is 0 Å². The summed E-state index contributed by atoms with van der Waals surface area (Å²) in [6.07, 6.45) is 1.12. The highest BCUT2D eigenvalue weighted by Crippen LogP contribution is 2.44. The van der Waals surface area contributed by atoms with Gasteiger partial charge in [-0.25, -0.2) is 13.4 Å². The van der Waals surface area contributed by atoms with Gasteiger partial charge in [-0.3, -0.25) is 14.5 Å². The summed E-state index contributed by atoms with van der Waals surface area (Å²) in [5.41, 5.74) is 1.46. The van der Waals surface area contributed by atoms with Crippen LogP contribution in [0.25, 0.3) is 10.2 Å². The summed E-state index contributed by atoms with van der Waals surface area (Å²) in [6.45, 7) is 0. The fourth-order valence-corrected chi connectivity index (χ4v) is 5.71. The van der Waals surface area contributed by atoms with E-state index in [1.807, 2.05) is 6.07 Å². The minimum absolute atomic E-state index is 0.0292. The molecule has 0 aliphatic carbocycles. The predicted molar refractivity (Wildman–Crippen MR) is 130 cm³/mol. The van der Waals surface area contributed by atoms with E-state index in [-0.39, 0.29) is 15.6 Å². The third-order valence-corrected chi connectivity index (χ3v) is 7.71. The first-order valence-corrected chi connectivity index (χ1v) is 13.0. The molecule has 4 aromatic rings. The van der Waals surface area contributed by atoms with Crippen molar-refractivity contribution in [1.82, 2.24) is 4.98 Å². The lowest BCUT2D eigenvalue weighted by Gasteiger charge is -2.24. The second-order valence-electron chi connectivity index (χ2n) is 7.84. The number of aromatic nitrogens is 1. The first-order chi connectivity index (χ1) is 16.3. The molecule has 1 aliphatic heterocycles. The maximum absolute atomic E-state index is 13.4. The van der Waals surface area contributed by atoms with Gasteiger partial charge >= 0.3 is 0 Å². The molecule has 9 heteroatoms. The van der Waals surface area contributed by atoms with Gasteiger partial charge < -0.3 is 5.11 Å². The summed E-state index contributed by atoms with van der Waals surface area (Å²) in [7, 11) is -3.42. The van der Waals surface area contributed by atoms with Gasteiger partial charge in [0.25, 0.3) is 5.91 Å². The van der Waals surface area contributed by atoms with Gasteiger partial charge in [0.1, 0.15) is 0 Å². The molecule has 1 unspecified atom stereocenters. The molecule has 1 aromatic heterocycles. The Labute approximate surface area is 199 Å². The van der Waals surface area contributed by atoms with Crippen molar-refractivity contribution in [3.05, 3.63) is 101 Å². The molecule has 0 fully saturated rings. The molecule has 0 saturated heterocycles. The zero-order valence-electron chi connectivity index (χ0n) is 17.9. The number of aliphatic hydroxyl groups is 1. The smallest absolute Gasteiger partial charge is 0.296 e. The van der Waals surface area contributed by atoms with Crippen molar-refractivity contribution in [2.75, 3.05) is 11.2 Å². The summed E-state index contributed by atoms with van der Waals surface area (Å²) in [4.78, 5) is 32.6. The molecular formula is C25H18N2O5S2. The topological polar surface area (TPSA) is 105 Å². The van der Waals surface area contributed by atoms with Crippen LogP contribution in [0.1, 0.15) is 22.0 Å². The third-order valence-electron chi connectivity index (χ3n) is 5.59. The van der Waals surface area contributed by atoms with Crippen LogP contribution in [0.4, 0.5) is 5.13 Å². The predicted octanol–water partition coefficient (Wildman–Crippen LogP) is 4.48. The van der Waals surface area contributed by atoms with Crippen molar-refractivity contribution in [3.63, 3.8) is 0 Å². The number of nitrogens with zero attached hydrogens (tertiary/aromatic N) is 2. The lowest BCUT2D eigenvalue weighted by molar-refractivity contribution is -0.117. The molecule has 0 bridgehead atoms. The van der Waals surface area contributed by atoms with Crippen LogP contribution in [0.15, 0.2) is 95.1 Å². The minimum Gasteiger partial charge on any atom is -0.503 e. The number of sulfone groups is 1. The molecule has 1 atom stereocenters. The van der Waals surface area contributed by atoms with E-state index in [9.17, 15) is 23.1 Å². The second-order valence-corrected chi connectivity index (χ2v) is 10.9. The molecule has 0 saturated carbocycles. The van der Waals surface area contributed by atoms with E-state index in [0.29, 0.717) is 21.3 Å². The Kier molecular flexibility index (Phi) is 5.30. The van der Waals surface area contributed by atoms with Crippen LogP contribution in [0, 0.1) is 0 Å². The van der Waals surface area contributed by atoms with Crippen LogP contribution in [0.3, 0.4) is 0 Å². The molecule has 1 N–H and O–H groups in total. The van der Waals surface area contributed by atoms with Gasteiger partial charge in [-0.15, -0.1) is 0 Å². The number of amides is 1. The molecule has 3 aromatic carbocycles. The fourth-order valence-electron chi connectivity index (χ4n) is 3.96. The highest BCUT2D eigenvalue weighted by atomic mass is 32.2. The van der Waals surface area contributed by atoms with E-state index in [1.165, 1.54) is 17.0 Å². The molecule has 170 valence electrons. The van der Waals surface area contributed by atoms with Crippen LogP contribution in [-0.2, 0) is 14.6 Å². The Bertz CT molecular complexity index is 1580. The van der Waals surface area contributed by atoms with Gasteiger partial charge in [0, 0.05) is 11.8 Å². The monoisotopic (exact) mass is 490 g/mol. The first kappa shape index (κ1) is 22.0. The number of Topliss-reactive ketones (excluding diaryl/α,β-unsaturated/α-hetero) is 1. The molecule has 1 aliphatic rings. The number of anilines is 1. The summed E-state index contributed by atoms with van der Waals surface area (Å²) < 4.78 is 24.5. The zero-order chi connectivity index (χ0) is 24.0. The van der Waals surface area contributed by atoms with Crippen molar-refractivity contribution in [1.29, 1.82) is 0 Å². The number of thiazole rings is 1. The molecule has 2 heterocycles. The molecule has 7 nitrogen and oxygen atoms in total. The highest BCUT2D eigenvalue weighted by Gasteiger charge is 2.45. The first-order valence-electron chi connectivity index (χ1n) is 10.3. The van der Waals surface area contributed by atoms with Crippen molar-refractivity contribution in [2.45, 2.75) is 10.9 Å². The fraction of sp³-hybridized carbons (Fsp3) is 0.0800. The standard InChI is InChI=1S/C25H18N2O5S2/c1-34(31,32)17-12-13-18-19(14-17)33-25(26-18)27-21(15-8-4-2-5-9-15)20(23(29)24(27)30)22(28)16-10-6-3-7-11-16/h2-14,21,29H,1H3. The van der Waals surface area contributed by atoms with E-state index < -0.39 is 33.3 Å². The largest absolute Gasteiger partial charge is 0.503 e. The number of carbonyl (C=O) groups excluding carboxylic acids is 2. The van der Waals surface area contributed by atoms with E-state index in [2.05, 4.69) is 4.98 Å². The van der Waals surface area contributed by atoms with Crippen LogP contribution >= 0.6 is 11.3 Å². The highest BCUT2D eigenvalue weighted by molar-refractivity contribution is 7.90. The van der Waals surface area contributed by atoms with Gasteiger partial charge in [0.05, 0.1) is 26.7 Å². The molecule has 0 radical (unpaired) electrons. The Hall–Kier alpha value is -3.82. The van der Waals surface area contributed by atoms with E-state index in [0.717, 1.165) is 17.6 Å². The van der Waals surface area contributed by atoms with Crippen molar-refractivity contribution < 1.29 is 23.1 Å². The zero-order valence-corrected chi connectivity index (χ0v) is 19.5.